The molecule has 2 aromatic heterocycles. The van der Waals surface area contributed by atoms with Crippen molar-refractivity contribution < 1.29 is 13.9 Å². The molecule has 2 bridgehead atoms. The van der Waals surface area contributed by atoms with E-state index in [-0.39, 0.29) is 42.3 Å². The average Bonchev–Trinajstić information content (AvgIpc) is 3.65. The molecule has 2 atom stereocenters. The van der Waals surface area contributed by atoms with Crippen LogP contribution in [0.2, 0.25) is 0 Å². The molecule has 1 aromatic carbocycles. The minimum atomic E-state index is -2.59. The van der Waals surface area contributed by atoms with E-state index in [1.807, 2.05) is 12.1 Å². The van der Waals surface area contributed by atoms with Crippen molar-refractivity contribution in [3.63, 3.8) is 0 Å². The number of aromatic hydroxyl groups is 1. The van der Waals surface area contributed by atoms with Gasteiger partial charge in [0.1, 0.15) is 11.4 Å². The summed E-state index contributed by atoms with van der Waals surface area (Å²) in [7, 11) is 1.68. The monoisotopic (exact) mass is 494 g/mol. The first-order valence-corrected chi connectivity index (χ1v) is 12.4. The quantitative estimate of drug-likeness (QED) is 0.561. The SMILES string of the molecule is Cn1ccc(-c2ccc(-c3cnc(N(C4CC4)C4C[C@@H]5CC(F)(F)C[C@@H](C4)N5)nn3)c(O)c2)cc1=O. The number of pyridine rings is 1. The predicted molar refractivity (Wildman–Crippen MR) is 131 cm³/mol. The molecule has 2 saturated heterocycles. The molecule has 6 rings (SSSR count). The highest BCUT2D eigenvalue weighted by molar-refractivity contribution is 5.73. The van der Waals surface area contributed by atoms with Gasteiger partial charge in [-0.05, 0) is 55.0 Å². The van der Waals surface area contributed by atoms with E-state index in [2.05, 4.69) is 25.4 Å². The summed E-state index contributed by atoms with van der Waals surface area (Å²) in [6.45, 7) is 0. The van der Waals surface area contributed by atoms with E-state index >= 15 is 0 Å². The molecule has 8 nitrogen and oxygen atoms in total. The molecule has 0 amide bonds. The van der Waals surface area contributed by atoms with Crippen LogP contribution in [0.25, 0.3) is 22.4 Å². The number of aromatic nitrogens is 4. The van der Waals surface area contributed by atoms with Crippen LogP contribution in [0.3, 0.4) is 0 Å². The first kappa shape index (κ1) is 23.0. The number of alkyl halides is 2. The summed E-state index contributed by atoms with van der Waals surface area (Å²) in [6.07, 6.45) is 6.38. The van der Waals surface area contributed by atoms with Crippen LogP contribution < -0.4 is 15.8 Å². The fourth-order valence-corrected chi connectivity index (χ4v) is 5.68. The van der Waals surface area contributed by atoms with E-state index < -0.39 is 5.92 Å². The Kier molecular flexibility index (Phi) is 5.51. The Morgan fingerprint density at radius 2 is 1.78 bits per heavy atom. The number of phenols is 1. The van der Waals surface area contributed by atoms with Crippen molar-refractivity contribution in [2.45, 2.75) is 68.6 Å². The Hall–Kier alpha value is -3.40. The fraction of sp³-hybridized carbons (Fsp3) is 0.462. The molecule has 3 aliphatic rings. The zero-order valence-electron chi connectivity index (χ0n) is 19.9. The summed E-state index contributed by atoms with van der Waals surface area (Å²) in [5.74, 6) is -2.07. The van der Waals surface area contributed by atoms with Gasteiger partial charge in [-0.2, -0.15) is 0 Å². The van der Waals surface area contributed by atoms with Crippen molar-refractivity contribution in [3.05, 3.63) is 53.1 Å². The van der Waals surface area contributed by atoms with Crippen LogP contribution in [0.15, 0.2) is 47.5 Å². The fourth-order valence-electron chi connectivity index (χ4n) is 5.68. The van der Waals surface area contributed by atoms with Gasteiger partial charge in [0, 0.05) is 61.9 Å². The highest BCUT2D eigenvalue weighted by Crippen LogP contribution is 2.41. The van der Waals surface area contributed by atoms with Gasteiger partial charge >= 0.3 is 0 Å². The Bertz CT molecular complexity index is 1330. The lowest BCUT2D eigenvalue weighted by molar-refractivity contribution is -0.0671. The van der Waals surface area contributed by atoms with Crippen LogP contribution in [-0.2, 0) is 7.05 Å². The molecule has 2 N–H and O–H groups in total. The molecule has 36 heavy (non-hydrogen) atoms. The second-order valence-corrected chi connectivity index (χ2v) is 10.3. The van der Waals surface area contributed by atoms with Crippen molar-refractivity contribution in [1.82, 2.24) is 25.1 Å². The average molecular weight is 495 g/mol. The number of rotatable bonds is 5. The highest BCUT2D eigenvalue weighted by Gasteiger charge is 2.48. The van der Waals surface area contributed by atoms with Crippen molar-refractivity contribution in [2.24, 2.45) is 7.05 Å². The van der Waals surface area contributed by atoms with Gasteiger partial charge in [-0.1, -0.05) is 6.07 Å². The maximum Gasteiger partial charge on any atom is 0.251 e. The minimum absolute atomic E-state index is 0.0168. The van der Waals surface area contributed by atoms with Crippen LogP contribution in [0.4, 0.5) is 14.7 Å². The van der Waals surface area contributed by atoms with Crippen LogP contribution in [0.5, 0.6) is 5.75 Å². The number of nitrogens with one attached hydrogen (secondary N) is 1. The van der Waals surface area contributed by atoms with E-state index in [0.29, 0.717) is 47.2 Å². The van der Waals surface area contributed by atoms with Crippen LogP contribution in [0, 0.1) is 0 Å². The molecule has 1 aliphatic carbocycles. The normalized spacial score (nSPS) is 24.9. The van der Waals surface area contributed by atoms with E-state index in [1.54, 1.807) is 31.6 Å². The molecule has 188 valence electrons. The van der Waals surface area contributed by atoms with Gasteiger partial charge < -0.3 is 19.9 Å². The third-order valence-corrected chi connectivity index (χ3v) is 7.50. The third-order valence-electron chi connectivity index (χ3n) is 7.50. The molecule has 3 fully saturated rings. The number of halogens is 2. The highest BCUT2D eigenvalue weighted by atomic mass is 19.3. The molecule has 0 unspecified atom stereocenters. The van der Waals surface area contributed by atoms with Crippen molar-refractivity contribution in [2.75, 3.05) is 4.90 Å². The maximum absolute atomic E-state index is 14.0. The summed E-state index contributed by atoms with van der Waals surface area (Å²) in [6, 6.07) is 8.50. The summed E-state index contributed by atoms with van der Waals surface area (Å²) < 4.78 is 29.5. The Labute approximate surface area is 207 Å². The molecular weight excluding hydrogens is 466 g/mol. The number of piperidine rings is 2. The number of phenolic OH excluding ortho intramolecular Hbond substituents is 1. The Morgan fingerprint density at radius 1 is 1.06 bits per heavy atom. The van der Waals surface area contributed by atoms with E-state index in [9.17, 15) is 18.7 Å². The maximum atomic E-state index is 14.0. The van der Waals surface area contributed by atoms with Gasteiger partial charge in [-0.3, -0.25) is 4.79 Å². The molecular formula is C26H28F2N6O2. The molecule has 0 radical (unpaired) electrons. The predicted octanol–water partition coefficient (Wildman–Crippen LogP) is 3.50. The Balaban J connectivity index is 1.23. The summed E-state index contributed by atoms with van der Waals surface area (Å²) in [5.41, 5.74) is 2.22. The van der Waals surface area contributed by atoms with Crippen LogP contribution in [0.1, 0.15) is 38.5 Å². The zero-order valence-corrected chi connectivity index (χ0v) is 19.9. The first-order chi connectivity index (χ1) is 17.3. The first-order valence-electron chi connectivity index (χ1n) is 12.4. The standard InChI is InChI=1S/C26H28F2N6O2/c1-33-7-6-16(9-24(33)36)15-2-5-21(23(35)8-15)22-14-29-25(32-31-22)34(19-3-4-19)20-10-17-12-26(27,28)13-18(11-20)30-17/h2,5-9,14,17-20,30,35H,3-4,10-13H2,1H3/t17-,18-/m1/s1. The lowest BCUT2D eigenvalue weighted by atomic mass is 9.81. The molecule has 1 saturated carbocycles. The molecule has 2 aliphatic heterocycles. The number of nitrogens with zero attached hydrogens (tertiary/aromatic N) is 5. The van der Waals surface area contributed by atoms with E-state index in [4.69, 9.17) is 0 Å². The van der Waals surface area contributed by atoms with E-state index in [1.165, 1.54) is 10.6 Å². The Morgan fingerprint density at radius 3 is 2.39 bits per heavy atom. The number of anilines is 1. The zero-order chi connectivity index (χ0) is 25.0. The number of hydrogen-bond acceptors (Lipinski definition) is 7. The smallest absolute Gasteiger partial charge is 0.251 e. The van der Waals surface area contributed by atoms with Gasteiger partial charge in [0.15, 0.2) is 0 Å². The van der Waals surface area contributed by atoms with Crippen LogP contribution in [-0.4, -0.2) is 54.9 Å². The van der Waals surface area contributed by atoms with Gasteiger partial charge in [0.2, 0.25) is 5.95 Å². The van der Waals surface area contributed by atoms with Gasteiger partial charge in [-0.25, -0.2) is 13.8 Å². The number of hydrogen-bond donors (Lipinski definition) is 2. The third kappa shape index (κ3) is 4.45. The van der Waals surface area contributed by atoms with Crippen molar-refractivity contribution in [1.29, 1.82) is 0 Å². The lowest BCUT2D eigenvalue weighted by Gasteiger charge is -2.46. The second kappa shape index (κ2) is 8.62. The summed E-state index contributed by atoms with van der Waals surface area (Å²) in [5, 5.41) is 22.8. The minimum Gasteiger partial charge on any atom is -0.507 e. The topological polar surface area (TPSA) is 96.2 Å². The summed E-state index contributed by atoms with van der Waals surface area (Å²) >= 11 is 0. The van der Waals surface area contributed by atoms with Gasteiger partial charge in [0.25, 0.3) is 11.5 Å². The molecule has 0 spiro atoms. The number of benzene rings is 1. The van der Waals surface area contributed by atoms with Gasteiger partial charge in [0.05, 0.1) is 6.20 Å². The second-order valence-electron chi connectivity index (χ2n) is 10.3. The molecule has 3 aromatic rings. The summed E-state index contributed by atoms with van der Waals surface area (Å²) in [4.78, 5) is 18.7. The van der Waals surface area contributed by atoms with Crippen molar-refractivity contribution in [3.8, 4) is 28.1 Å². The van der Waals surface area contributed by atoms with E-state index in [0.717, 1.165) is 12.8 Å². The molecule has 4 heterocycles. The lowest BCUT2D eigenvalue weighted by Crippen LogP contribution is -2.59. The molecule has 10 heteroatoms. The van der Waals surface area contributed by atoms with Crippen molar-refractivity contribution >= 4 is 5.95 Å². The van der Waals surface area contributed by atoms with Gasteiger partial charge in [-0.15, -0.1) is 10.2 Å². The number of fused-ring (bicyclic) bond motifs is 2. The van der Waals surface area contributed by atoms with Crippen LogP contribution >= 0.6 is 0 Å². The number of aryl methyl sites for hydroxylation is 1. The largest absolute Gasteiger partial charge is 0.507 e.